The minimum atomic E-state index is -0.114. The second-order valence-corrected chi connectivity index (χ2v) is 7.81. The van der Waals surface area contributed by atoms with Gasteiger partial charge in [-0.05, 0) is 43.0 Å². The summed E-state index contributed by atoms with van der Waals surface area (Å²) < 4.78 is 10.7. The number of carbonyl (C=O) groups is 2. The Balaban J connectivity index is 1.72. The summed E-state index contributed by atoms with van der Waals surface area (Å²) >= 11 is 0. The van der Waals surface area contributed by atoms with Crippen LogP contribution in [0.3, 0.4) is 0 Å². The molecule has 2 fully saturated rings. The van der Waals surface area contributed by atoms with Gasteiger partial charge in [0.2, 0.25) is 5.91 Å². The number of morpholine rings is 1. The van der Waals surface area contributed by atoms with E-state index in [1.165, 1.54) is 6.42 Å². The van der Waals surface area contributed by atoms with Gasteiger partial charge < -0.3 is 25.4 Å². The van der Waals surface area contributed by atoms with Crippen molar-refractivity contribution in [2.45, 2.75) is 38.5 Å². The Morgan fingerprint density at radius 1 is 1.21 bits per heavy atom. The van der Waals surface area contributed by atoms with Crippen molar-refractivity contribution < 1.29 is 19.1 Å². The quantitative estimate of drug-likeness (QED) is 0.779. The monoisotopic (exact) mass is 389 g/mol. The van der Waals surface area contributed by atoms with Crippen LogP contribution in [-0.4, -0.2) is 56.7 Å². The highest BCUT2D eigenvalue weighted by Crippen LogP contribution is 2.39. The largest absolute Gasteiger partial charge is 0.495 e. The van der Waals surface area contributed by atoms with Crippen LogP contribution in [0.4, 0.5) is 5.69 Å². The Hall–Kier alpha value is -2.12. The predicted molar refractivity (Wildman–Crippen MR) is 108 cm³/mol. The van der Waals surface area contributed by atoms with Gasteiger partial charge in [-0.1, -0.05) is 19.3 Å². The highest BCUT2D eigenvalue weighted by Gasteiger charge is 2.33. The van der Waals surface area contributed by atoms with E-state index in [4.69, 9.17) is 15.2 Å². The molecule has 154 valence electrons. The van der Waals surface area contributed by atoms with E-state index >= 15 is 0 Å². The number of benzene rings is 1. The van der Waals surface area contributed by atoms with Gasteiger partial charge in [-0.3, -0.25) is 9.59 Å². The summed E-state index contributed by atoms with van der Waals surface area (Å²) in [4.78, 5) is 27.3. The maximum Gasteiger partial charge on any atom is 0.254 e. The summed E-state index contributed by atoms with van der Waals surface area (Å²) in [5, 5.41) is 2.95. The average molecular weight is 389 g/mol. The number of amides is 2. The molecule has 0 radical (unpaired) electrons. The molecule has 1 aromatic rings. The summed E-state index contributed by atoms with van der Waals surface area (Å²) in [6.45, 7) is 2.77. The topological polar surface area (TPSA) is 93.9 Å². The smallest absolute Gasteiger partial charge is 0.254 e. The maximum atomic E-state index is 12.8. The molecule has 7 heteroatoms. The summed E-state index contributed by atoms with van der Waals surface area (Å²) in [6.07, 6.45) is 5.83. The fourth-order valence-corrected chi connectivity index (χ4v) is 4.18. The van der Waals surface area contributed by atoms with Crippen LogP contribution in [-0.2, 0) is 9.53 Å². The Morgan fingerprint density at radius 3 is 2.57 bits per heavy atom. The van der Waals surface area contributed by atoms with Crippen LogP contribution in [0.2, 0.25) is 0 Å². The van der Waals surface area contributed by atoms with Crippen LogP contribution >= 0.6 is 0 Å². The highest BCUT2D eigenvalue weighted by atomic mass is 16.5. The van der Waals surface area contributed by atoms with Crippen molar-refractivity contribution in [3.63, 3.8) is 0 Å². The van der Waals surface area contributed by atoms with Gasteiger partial charge in [0.15, 0.2) is 0 Å². The van der Waals surface area contributed by atoms with Gasteiger partial charge >= 0.3 is 0 Å². The normalized spacial score (nSPS) is 19.1. The zero-order chi connectivity index (χ0) is 20.0. The molecule has 0 bridgehead atoms. The van der Waals surface area contributed by atoms with E-state index in [0.717, 1.165) is 25.7 Å². The zero-order valence-corrected chi connectivity index (χ0v) is 16.7. The van der Waals surface area contributed by atoms with Gasteiger partial charge in [0.25, 0.3) is 5.91 Å². The Bertz CT molecular complexity index is 695. The standard InChI is InChI=1S/C21H31N3O4/c1-27-18-6-5-16(20(26)24-9-11-28-12-10-24)13-17(18)23-19(25)14-21(15-22)7-3-2-4-8-21/h5-6,13H,2-4,7-12,14-15,22H2,1H3,(H,23,25). The van der Waals surface area contributed by atoms with E-state index in [1.54, 1.807) is 30.2 Å². The number of carbonyl (C=O) groups excluding carboxylic acids is 2. The number of hydrogen-bond acceptors (Lipinski definition) is 5. The van der Waals surface area contributed by atoms with Crippen LogP contribution in [0.15, 0.2) is 18.2 Å². The Labute approximate surface area is 166 Å². The van der Waals surface area contributed by atoms with Gasteiger partial charge in [-0.25, -0.2) is 0 Å². The second kappa shape index (κ2) is 9.39. The summed E-state index contributed by atoms with van der Waals surface area (Å²) in [5.41, 5.74) is 6.96. The third-order valence-electron chi connectivity index (χ3n) is 5.90. The number of nitrogens with one attached hydrogen (secondary N) is 1. The van der Waals surface area contributed by atoms with Crippen molar-refractivity contribution in [3.8, 4) is 5.75 Å². The lowest BCUT2D eigenvalue weighted by molar-refractivity contribution is -0.118. The number of rotatable bonds is 6. The van der Waals surface area contributed by atoms with Crippen molar-refractivity contribution >= 4 is 17.5 Å². The number of nitrogens with two attached hydrogens (primary N) is 1. The Kier molecular flexibility index (Phi) is 6.91. The van der Waals surface area contributed by atoms with Gasteiger partial charge in [0, 0.05) is 25.1 Å². The molecule has 1 heterocycles. The summed E-state index contributed by atoms with van der Waals surface area (Å²) in [5.74, 6) is 0.395. The first-order chi connectivity index (χ1) is 13.6. The van der Waals surface area contributed by atoms with E-state index < -0.39 is 0 Å². The number of nitrogens with zero attached hydrogens (tertiary/aromatic N) is 1. The van der Waals surface area contributed by atoms with Crippen molar-refractivity contribution in [2.24, 2.45) is 11.1 Å². The van der Waals surface area contributed by atoms with Crippen molar-refractivity contribution in [1.82, 2.24) is 4.90 Å². The molecule has 1 saturated carbocycles. The lowest BCUT2D eigenvalue weighted by atomic mass is 9.71. The van der Waals surface area contributed by atoms with Gasteiger partial charge in [-0.2, -0.15) is 0 Å². The first-order valence-electron chi connectivity index (χ1n) is 10.1. The first kappa shape index (κ1) is 20.6. The molecule has 0 spiro atoms. The molecule has 2 amide bonds. The molecule has 1 saturated heterocycles. The van der Waals surface area contributed by atoms with Crippen molar-refractivity contribution in [2.75, 3.05) is 45.3 Å². The summed E-state index contributed by atoms with van der Waals surface area (Å²) in [7, 11) is 1.55. The molecule has 0 atom stereocenters. The molecule has 0 aromatic heterocycles. The number of ether oxygens (including phenoxy) is 2. The van der Waals surface area contributed by atoms with Crippen LogP contribution in [0.25, 0.3) is 0 Å². The highest BCUT2D eigenvalue weighted by molar-refractivity contribution is 5.98. The van der Waals surface area contributed by atoms with E-state index in [1.807, 2.05) is 0 Å². The van der Waals surface area contributed by atoms with Gasteiger partial charge in [0.05, 0.1) is 26.0 Å². The SMILES string of the molecule is COc1ccc(C(=O)N2CCOCC2)cc1NC(=O)CC1(CN)CCCCC1. The van der Waals surface area contributed by atoms with Crippen molar-refractivity contribution in [3.05, 3.63) is 23.8 Å². The number of methoxy groups -OCH3 is 1. The molecular weight excluding hydrogens is 358 g/mol. The fraction of sp³-hybridized carbons (Fsp3) is 0.619. The minimum Gasteiger partial charge on any atom is -0.495 e. The lowest BCUT2D eigenvalue weighted by Crippen LogP contribution is -2.40. The van der Waals surface area contributed by atoms with Crippen LogP contribution < -0.4 is 15.8 Å². The third kappa shape index (κ3) is 4.83. The molecule has 28 heavy (non-hydrogen) atoms. The molecule has 2 aliphatic rings. The number of anilines is 1. The van der Waals surface area contributed by atoms with E-state index in [-0.39, 0.29) is 17.2 Å². The molecule has 1 aliphatic carbocycles. The molecule has 7 nitrogen and oxygen atoms in total. The van der Waals surface area contributed by atoms with Gasteiger partial charge in [-0.15, -0.1) is 0 Å². The molecule has 1 aliphatic heterocycles. The average Bonchev–Trinajstić information content (AvgIpc) is 2.74. The Morgan fingerprint density at radius 2 is 1.93 bits per heavy atom. The van der Waals surface area contributed by atoms with Crippen molar-refractivity contribution in [1.29, 1.82) is 0 Å². The molecule has 0 unspecified atom stereocenters. The lowest BCUT2D eigenvalue weighted by Gasteiger charge is -2.35. The molecule has 3 N–H and O–H groups in total. The van der Waals surface area contributed by atoms with E-state index in [9.17, 15) is 9.59 Å². The fourth-order valence-electron chi connectivity index (χ4n) is 4.18. The van der Waals surface area contributed by atoms with Crippen LogP contribution in [0, 0.1) is 5.41 Å². The van der Waals surface area contributed by atoms with Crippen LogP contribution in [0.1, 0.15) is 48.9 Å². The van der Waals surface area contributed by atoms with Gasteiger partial charge in [0.1, 0.15) is 5.75 Å². The predicted octanol–water partition coefficient (Wildman–Crippen LogP) is 2.41. The van der Waals surface area contributed by atoms with Crippen LogP contribution in [0.5, 0.6) is 5.75 Å². The third-order valence-corrected chi connectivity index (χ3v) is 5.90. The second-order valence-electron chi connectivity index (χ2n) is 7.81. The number of hydrogen-bond donors (Lipinski definition) is 2. The first-order valence-corrected chi connectivity index (χ1v) is 10.1. The molecule has 1 aromatic carbocycles. The molecule has 3 rings (SSSR count). The maximum absolute atomic E-state index is 12.8. The minimum absolute atomic E-state index is 0.0628. The van der Waals surface area contributed by atoms with E-state index in [0.29, 0.717) is 56.3 Å². The zero-order valence-electron chi connectivity index (χ0n) is 16.7. The molecular formula is C21H31N3O4. The summed E-state index contributed by atoms with van der Waals surface area (Å²) in [6, 6.07) is 5.15. The van der Waals surface area contributed by atoms with E-state index in [2.05, 4.69) is 5.32 Å².